The Labute approximate surface area is 177 Å². The largest absolute Gasteiger partial charge is 0.477 e. The summed E-state index contributed by atoms with van der Waals surface area (Å²) in [5.74, 6) is -1.32. The zero-order chi connectivity index (χ0) is 20.8. The highest BCUT2D eigenvalue weighted by atomic mass is 32.1. The van der Waals surface area contributed by atoms with Crippen molar-refractivity contribution in [3.8, 4) is 0 Å². The number of aromatic nitrogens is 1. The maximum absolute atomic E-state index is 12.5. The van der Waals surface area contributed by atoms with E-state index in [1.54, 1.807) is 13.0 Å². The lowest BCUT2D eigenvalue weighted by atomic mass is 10.1. The number of hydrogen-bond donors (Lipinski definition) is 3. The molecule has 3 aromatic rings. The van der Waals surface area contributed by atoms with E-state index in [0.29, 0.717) is 22.2 Å². The molecule has 0 bridgehead atoms. The molecule has 2 aromatic heterocycles. The molecule has 0 aliphatic rings. The highest BCUT2D eigenvalue weighted by molar-refractivity contribution is 7.18. The molecule has 0 saturated carbocycles. The van der Waals surface area contributed by atoms with Gasteiger partial charge >= 0.3 is 5.97 Å². The van der Waals surface area contributed by atoms with Crippen molar-refractivity contribution in [1.82, 2.24) is 4.98 Å². The van der Waals surface area contributed by atoms with Gasteiger partial charge in [-0.3, -0.25) is 10.1 Å². The lowest BCUT2D eigenvalue weighted by molar-refractivity contribution is 0.0701. The molecule has 1 aromatic carbocycles. The molecule has 3 N–H and O–H groups in total. The fourth-order valence-corrected chi connectivity index (χ4v) is 4.51. The summed E-state index contributed by atoms with van der Waals surface area (Å²) in [4.78, 5) is 29.4. The summed E-state index contributed by atoms with van der Waals surface area (Å²) in [7, 11) is 0. The van der Waals surface area contributed by atoms with Crippen molar-refractivity contribution in [2.45, 2.75) is 39.7 Å². The molecule has 0 atom stereocenters. The summed E-state index contributed by atoms with van der Waals surface area (Å²) < 4.78 is 0. The number of rotatable bonds is 9. The first-order chi connectivity index (χ1) is 14.0. The summed E-state index contributed by atoms with van der Waals surface area (Å²) in [6.07, 6.45) is 3.36. The van der Waals surface area contributed by atoms with E-state index in [1.165, 1.54) is 16.9 Å². The van der Waals surface area contributed by atoms with Gasteiger partial charge in [-0.25, -0.2) is 9.78 Å². The Morgan fingerprint density at radius 2 is 1.93 bits per heavy atom. The van der Waals surface area contributed by atoms with Crippen molar-refractivity contribution >= 4 is 45.4 Å². The normalized spacial score (nSPS) is 10.7. The van der Waals surface area contributed by atoms with Gasteiger partial charge in [0.25, 0.3) is 5.91 Å². The molecule has 0 unspecified atom stereocenters. The molecule has 0 radical (unpaired) electrons. The molecule has 1 amide bonds. The molecule has 6 nitrogen and oxygen atoms in total. The Morgan fingerprint density at radius 1 is 1.14 bits per heavy atom. The number of amides is 1. The van der Waals surface area contributed by atoms with E-state index in [1.807, 2.05) is 12.1 Å². The van der Waals surface area contributed by atoms with E-state index in [0.717, 1.165) is 41.2 Å². The topological polar surface area (TPSA) is 91.3 Å². The first-order valence-corrected chi connectivity index (χ1v) is 11.0. The van der Waals surface area contributed by atoms with Gasteiger partial charge in [-0.15, -0.1) is 11.3 Å². The van der Waals surface area contributed by atoms with Gasteiger partial charge in [-0.1, -0.05) is 42.9 Å². The fraction of sp³-hybridized carbons (Fsp3) is 0.286. The van der Waals surface area contributed by atoms with E-state index in [9.17, 15) is 9.59 Å². The van der Waals surface area contributed by atoms with Gasteiger partial charge in [0, 0.05) is 17.1 Å². The standard InChI is InChI=1S/C21H23N3O3S2/c1-3-4-7-14-8-5-6-9-16(14)22-12-15-10-11-17(28-15)19(25)24-21-23-13(2)18(29-21)20(26)27/h5-6,8-11,22H,3-4,7,12H2,1-2H3,(H,26,27)(H,23,24,25). The number of carboxylic acid groups (broad SMARTS) is 1. The highest BCUT2D eigenvalue weighted by Crippen LogP contribution is 2.25. The van der Waals surface area contributed by atoms with Gasteiger partial charge in [0.2, 0.25) is 0 Å². The van der Waals surface area contributed by atoms with E-state index in [4.69, 9.17) is 5.11 Å². The first kappa shape index (κ1) is 21.0. The quantitative estimate of drug-likeness (QED) is 0.422. The van der Waals surface area contributed by atoms with Crippen LogP contribution in [0.5, 0.6) is 0 Å². The van der Waals surface area contributed by atoms with Crippen molar-refractivity contribution in [3.05, 3.63) is 62.3 Å². The minimum Gasteiger partial charge on any atom is -0.477 e. The number of carbonyl (C=O) groups excluding carboxylic acids is 1. The van der Waals surface area contributed by atoms with Gasteiger partial charge in [0.05, 0.1) is 10.6 Å². The van der Waals surface area contributed by atoms with Gasteiger partial charge in [0.1, 0.15) is 4.88 Å². The number of anilines is 2. The lowest BCUT2D eigenvalue weighted by Crippen LogP contribution is -2.09. The molecule has 0 aliphatic heterocycles. The third-order valence-electron chi connectivity index (χ3n) is 4.37. The van der Waals surface area contributed by atoms with Crippen LogP contribution in [0, 0.1) is 6.92 Å². The maximum Gasteiger partial charge on any atom is 0.347 e. The van der Waals surface area contributed by atoms with Crippen molar-refractivity contribution in [1.29, 1.82) is 0 Å². The van der Waals surface area contributed by atoms with Crippen molar-refractivity contribution in [2.24, 2.45) is 0 Å². The van der Waals surface area contributed by atoms with Crippen molar-refractivity contribution < 1.29 is 14.7 Å². The van der Waals surface area contributed by atoms with Gasteiger partial charge < -0.3 is 10.4 Å². The number of hydrogen-bond acceptors (Lipinski definition) is 6. The van der Waals surface area contributed by atoms with Crippen LogP contribution < -0.4 is 10.6 Å². The fourth-order valence-electron chi connectivity index (χ4n) is 2.86. The Balaban J connectivity index is 1.61. The molecule has 0 fully saturated rings. The summed E-state index contributed by atoms with van der Waals surface area (Å²) >= 11 is 2.37. The molecule has 152 valence electrons. The molecule has 3 rings (SSSR count). The highest BCUT2D eigenvalue weighted by Gasteiger charge is 2.17. The summed E-state index contributed by atoms with van der Waals surface area (Å²) in [5, 5.41) is 15.6. The smallest absolute Gasteiger partial charge is 0.347 e. The van der Waals surface area contributed by atoms with Crippen LogP contribution in [0.2, 0.25) is 0 Å². The zero-order valence-electron chi connectivity index (χ0n) is 16.3. The summed E-state index contributed by atoms with van der Waals surface area (Å²) in [6, 6.07) is 12.0. The van der Waals surface area contributed by atoms with Crippen LogP contribution in [0.25, 0.3) is 0 Å². The molecule has 8 heteroatoms. The number of carboxylic acids is 1. The number of thiophene rings is 1. The zero-order valence-corrected chi connectivity index (χ0v) is 18.0. The van der Waals surface area contributed by atoms with Crippen LogP contribution in [-0.4, -0.2) is 22.0 Å². The minimum atomic E-state index is -1.04. The number of para-hydroxylation sites is 1. The molecule has 2 heterocycles. The van der Waals surface area contributed by atoms with Crippen molar-refractivity contribution in [2.75, 3.05) is 10.6 Å². The van der Waals surface area contributed by atoms with E-state index < -0.39 is 5.97 Å². The predicted molar refractivity (Wildman–Crippen MR) is 118 cm³/mol. The van der Waals surface area contributed by atoms with Gasteiger partial charge in [-0.2, -0.15) is 0 Å². The third-order valence-corrected chi connectivity index (χ3v) is 6.51. The minimum absolute atomic E-state index is 0.137. The third kappa shape index (κ3) is 5.42. The van der Waals surface area contributed by atoms with Gasteiger partial charge in [0.15, 0.2) is 5.13 Å². The molecule has 29 heavy (non-hydrogen) atoms. The van der Waals surface area contributed by atoms with E-state index in [2.05, 4.69) is 40.7 Å². The van der Waals surface area contributed by atoms with E-state index in [-0.39, 0.29) is 10.8 Å². The summed E-state index contributed by atoms with van der Waals surface area (Å²) in [6.45, 7) is 4.44. The Kier molecular flexibility index (Phi) is 7.00. The molecular weight excluding hydrogens is 406 g/mol. The number of nitrogens with one attached hydrogen (secondary N) is 2. The van der Waals surface area contributed by atoms with E-state index >= 15 is 0 Å². The average Bonchev–Trinajstić information content (AvgIpc) is 3.32. The Hall–Kier alpha value is -2.71. The first-order valence-electron chi connectivity index (χ1n) is 9.40. The number of carbonyl (C=O) groups is 2. The molecule has 0 saturated heterocycles. The monoisotopic (exact) mass is 429 g/mol. The molecule has 0 spiro atoms. The predicted octanol–water partition coefficient (Wildman–Crippen LogP) is 5.42. The molecular formula is C21H23N3O3S2. The van der Waals surface area contributed by atoms with Crippen LogP contribution in [0.15, 0.2) is 36.4 Å². The van der Waals surface area contributed by atoms with Gasteiger partial charge in [-0.05, 0) is 43.5 Å². The average molecular weight is 430 g/mol. The van der Waals surface area contributed by atoms with Crippen LogP contribution in [-0.2, 0) is 13.0 Å². The van der Waals surface area contributed by atoms with Crippen LogP contribution in [0.1, 0.15) is 55.2 Å². The number of nitrogens with zero attached hydrogens (tertiary/aromatic N) is 1. The number of unbranched alkanes of at least 4 members (excludes halogenated alkanes) is 1. The Morgan fingerprint density at radius 3 is 2.66 bits per heavy atom. The summed E-state index contributed by atoms with van der Waals surface area (Å²) in [5.41, 5.74) is 2.83. The number of aromatic carboxylic acids is 1. The lowest BCUT2D eigenvalue weighted by Gasteiger charge is -2.11. The molecule has 0 aliphatic carbocycles. The Bertz CT molecular complexity index is 1010. The van der Waals surface area contributed by atoms with Crippen LogP contribution in [0.3, 0.4) is 0 Å². The second-order valence-corrected chi connectivity index (χ2v) is 8.74. The number of benzene rings is 1. The van der Waals surface area contributed by atoms with Crippen molar-refractivity contribution in [3.63, 3.8) is 0 Å². The second kappa shape index (κ2) is 9.67. The number of aryl methyl sites for hydroxylation is 2. The second-order valence-electron chi connectivity index (χ2n) is 6.57. The maximum atomic E-state index is 12.5. The van der Waals surface area contributed by atoms with Crippen LogP contribution in [0.4, 0.5) is 10.8 Å². The van der Waals surface area contributed by atoms with Crippen LogP contribution >= 0.6 is 22.7 Å². The SMILES string of the molecule is CCCCc1ccccc1NCc1ccc(C(=O)Nc2nc(C)c(C(=O)O)s2)s1. The number of thiazole rings is 1.